The molecule has 1 amide bonds. The number of halogens is 2. The fourth-order valence-electron chi connectivity index (χ4n) is 4.27. The van der Waals surface area contributed by atoms with E-state index in [1.807, 2.05) is 39.0 Å². The van der Waals surface area contributed by atoms with Gasteiger partial charge in [-0.1, -0.05) is 24.5 Å². The molecule has 11 heteroatoms. The van der Waals surface area contributed by atoms with Crippen molar-refractivity contribution in [2.24, 2.45) is 0 Å². The summed E-state index contributed by atoms with van der Waals surface area (Å²) in [5.74, 6) is 0.697. The highest BCUT2D eigenvalue weighted by Crippen LogP contribution is 2.27. The molecule has 1 aromatic heterocycles. The Morgan fingerprint density at radius 2 is 1.89 bits per heavy atom. The molecule has 1 aliphatic rings. The average Bonchev–Trinajstić information content (AvgIpc) is 2.75. The van der Waals surface area contributed by atoms with E-state index in [0.29, 0.717) is 30.2 Å². The van der Waals surface area contributed by atoms with Gasteiger partial charge in [0.05, 0.1) is 30.1 Å². The number of ether oxygens (including phenoxy) is 1. The van der Waals surface area contributed by atoms with E-state index >= 15 is 0 Å². The van der Waals surface area contributed by atoms with Gasteiger partial charge in [-0.2, -0.15) is 0 Å². The first-order valence-corrected chi connectivity index (χ1v) is 11.5. The van der Waals surface area contributed by atoms with Gasteiger partial charge in [0.2, 0.25) is 5.82 Å². The fraction of sp³-hybridized carbons (Fsp3) is 0.583. The summed E-state index contributed by atoms with van der Waals surface area (Å²) < 4.78 is 5.20. The number of amides is 1. The summed E-state index contributed by atoms with van der Waals surface area (Å²) in [6.45, 7) is 6.10. The molecule has 1 aliphatic carbocycles. The van der Waals surface area contributed by atoms with Crippen molar-refractivity contribution in [3.05, 3.63) is 29.6 Å². The Kier molecular flexibility index (Phi) is 12.1. The molecule has 9 nitrogen and oxygen atoms in total. The second-order valence-electron chi connectivity index (χ2n) is 9.43. The van der Waals surface area contributed by atoms with E-state index in [1.54, 1.807) is 7.11 Å². The third kappa shape index (κ3) is 8.45. The molecule has 0 saturated heterocycles. The van der Waals surface area contributed by atoms with Gasteiger partial charge >= 0.3 is 0 Å². The Hall–Kier alpha value is -2.20. The number of amidine groups is 1. The number of hydrogen-bond acceptors (Lipinski definition) is 7. The van der Waals surface area contributed by atoms with Crippen LogP contribution in [-0.2, 0) is 4.74 Å². The number of anilines is 1. The molecule has 0 spiro atoms. The van der Waals surface area contributed by atoms with E-state index in [0.717, 1.165) is 36.6 Å². The van der Waals surface area contributed by atoms with Crippen LogP contribution in [-0.4, -0.2) is 64.8 Å². The van der Waals surface area contributed by atoms with Gasteiger partial charge in [-0.3, -0.25) is 10.2 Å². The van der Waals surface area contributed by atoms with E-state index in [1.165, 1.54) is 0 Å². The molecule has 0 aliphatic heterocycles. The van der Waals surface area contributed by atoms with E-state index in [9.17, 15) is 4.79 Å². The van der Waals surface area contributed by atoms with E-state index in [2.05, 4.69) is 25.9 Å². The maximum Gasteiger partial charge on any atom is 0.289 e. The number of carbonyl (C=O) groups excluding carboxylic acids is 1. The van der Waals surface area contributed by atoms with Crippen LogP contribution in [0.4, 0.5) is 5.82 Å². The molecular formula is C24H38Cl2N6O3. The first-order chi connectivity index (χ1) is 15.7. The van der Waals surface area contributed by atoms with Gasteiger partial charge in [0, 0.05) is 31.0 Å². The Labute approximate surface area is 219 Å². The number of aromatic nitrogens is 2. The summed E-state index contributed by atoms with van der Waals surface area (Å²) in [4.78, 5) is 22.1. The maximum atomic E-state index is 13.0. The topological polar surface area (TPSA) is 132 Å². The van der Waals surface area contributed by atoms with Crippen molar-refractivity contribution >= 4 is 53.3 Å². The SMILES string of the molecule is COCC(C)(C)NC(=O)c1nc(N[C@H]2CCCC[C@H]2NC(=N)CCO)c2cc(C)ccc2n1.Cl.Cl. The van der Waals surface area contributed by atoms with Crippen molar-refractivity contribution in [2.45, 2.75) is 70.5 Å². The lowest BCUT2D eigenvalue weighted by Gasteiger charge is -2.34. The van der Waals surface area contributed by atoms with Crippen LogP contribution in [0.15, 0.2) is 18.2 Å². The lowest BCUT2D eigenvalue weighted by molar-refractivity contribution is 0.0810. The highest BCUT2D eigenvalue weighted by atomic mass is 35.5. The third-order valence-electron chi connectivity index (χ3n) is 5.82. The normalized spacial score (nSPS) is 17.6. The number of fused-ring (bicyclic) bond motifs is 1. The Morgan fingerprint density at radius 1 is 1.20 bits per heavy atom. The first-order valence-electron chi connectivity index (χ1n) is 11.5. The van der Waals surface area contributed by atoms with Crippen molar-refractivity contribution in [3.63, 3.8) is 0 Å². The number of hydrogen-bond donors (Lipinski definition) is 5. The van der Waals surface area contributed by atoms with Crippen molar-refractivity contribution in [3.8, 4) is 0 Å². The number of carbonyl (C=O) groups is 1. The lowest BCUT2D eigenvalue weighted by Crippen LogP contribution is -2.49. The van der Waals surface area contributed by atoms with Crippen molar-refractivity contribution in [2.75, 3.05) is 25.6 Å². The molecule has 2 aromatic rings. The molecule has 0 unspecified atom stereocenters. The number of rotatable bonds is 9. The zero-order valence-corrected chi connectivity index (χ0v) is 22.4. The molecule has 196 valence electrons. The van der Waals surface area contributed by atoms with Gasteiger partial charge in [0.25, 0.3) is 5.91 Å². The summed E-state index contributed by atoms with van der Waals surface area (Å²) in [7, 11) is 1.60. The predicted octanol–water partition coefficient (Wildman–Crippen LogP) is 3.61. The number of methoxy groups -OCH3 is 1. The highest BCUT2D eigenvalue weighted by molar-refractivity contribution is 5.97. The summed E-state index contributed by atoms with van der Waals surface area (Å²) >= 11 is 0. The van der Waals surface area contributed by atoms with E-state index in [4.69, 9.17) is 15.3 Å². The quantitative estimate of drug-likeness (QED) is 0.248. The summed E-state index contributed by atoms with van der Waals surface area (Å²) in [6.07, 6.45) is 4.30. The van der Waals surface area contributed by atoms with Crippen molar-refractivity contribution in [1.82, 2.24) is 20.6 Å². The van der Waals surface area contributed by atoms with E-state index in [-0.39, 0.29) is 55.2 Å². The molecule has 1 saturated carbocycles. The van der Waals surface area contributed by atoms with Gasteiger partial charge in [0.15, 0.2) is 0 Å². The van der Waals surface area contributed by atoms with Crippen LogP contribution in [0.1, 0.15) is 62.1 Å². The van der Waals surface area contributed by atoms with Crippen LogP contribution in [0.3, 0.4) is 0 Å². The van der Waals surface area contributed by atoms with Crippen LogP contribution in [0.2, 0.25) is 0 Å². The summed E-state index contributed by atoms with van der Waals surface area (Å²) in [6, 6.07) is 5.98. The number of benzene rings is 1. The van der Waals surface area contributed by atoms with E-state index < -0.39 is 5.54 Å². The Morgan fingerprint density at radius 3 is 2.54 bits per heavy atom. The molecule has 1 fully saturated rings. The third-order valence-corrected chi connectivity index (χ3v) is 5.82. The molecule has 1 aromatic carbocycles. The van der Waals surface area contributed by atoms with Gasteiger partial charge in [-0.05, 0) is 45.7 Å². The largest absolute Gasteiger partial charge is 0.396 e. The number of nitrogens with one attached hydrogen (secondary N) is 4. The monoisotopic (exact) mass is 528 g/mol. The standard InChI is InChI=1S/C24H36N6O3.2ClH/c1-15-9-10-17-16(13-15)21(29-22(27-17)23(32)30-24(2,3)14-33-4)28-19-8-6-5-7-18(19)26-20(25)11-12-31;;/h9-10,13,18-19,31H,5-8,11-12,14H2,1-4H3,(H2,25,26)(H,30,32)(H,27,28,29);2*1H/t18-,19+;;/m1../s1. The number of aliphatic hydroxyl groups is 1. The molecule has 3 rings (SSSR count). The van der Waals surface area contributed by atoms with Crippen LogP contribution in [0.5, 0.6) is 0 Å². The zero-order chi connectivity index (χ0) is 24.0. The van der Waals surface area contributed by atoms with Crippen molar-refractivity contribution in [1.29, 1.82) is 5.41 Å². The van der Waals surface area contributed by atoms with Crippen LogP contribution < -0.4 is 16.0 Å². The zero-order valence-electron chi connectivity index (χ0n) is 20.8. The Balaban J connectivity index is 0.00000306. The van der Waals surface area contributed by atoms with Crippen LogP contribution >= 0.6 is 24.8 Å². The second-order valence-corrected chi connectivity index (χ2v) is 9.43. The van der Waals surface area contributed by atoms with Crippen molar-refractivity contribution < 1.29 is 14.6 Å². The van der Waals surface area contributed by atoms with Gasteiger partial charge in [-0.25, -0.2) is 9.97 Å². The smallest absolute Gasteiger partial charge is 0.289 e. The minimum atomic E-state index is -0.559. The number of aryl methyl sites for hydroxylation is 1. The van der Waals surface area contributed by atoms with Crippen LogP contribution in [0, 0.1) is 12.3 Å². The molecule has 0 radical (unpaired) electrons. The lowest BCUT2D eigenvalue weighted by atomic mass is 9.90. The Bertz CT molecular complexity index is 1000. The average molecular weight is 530 g/mol. The first kappa shape index (κ1) is 30.8. The molecule has 5 N–H and O–H groups in total. The van der Waals surface area contributed by atoms with Gasteiger partial charge in [-0.15, -0.1) is 24.8 Å². The minimum Gasteiger partial charge on any atom is -0.396 e. The van der Waals surface area contributed by atoms with Gasteiger partial charge < -0.3 is 25.8 Å². The fourth-order valence-corrected chi connectivity index (χ4v) is 4.27. The molecule has 0 bridgehead atoms. The molecule has 2 atom stereocenters. The number of nitrogens with zero attached hydrogens (tertiary/aromatic N) is 2. The maximum absolute atomic E-state index is 13.0. The molecular weight excluding hydrogens is 491 g/mol. The van der Waals surface area contributed by atoms with Crippen LogP contribution in [0.25, 0.3) is 10.9 Å². The number of aliphatic hydroxyl groups excluding tert-OH is 1. The summed E-state index contributed by atoms with van der Waals surface area (Å²) in [5, 5.41) is 27.8. The second kappa shape index (κ2) is 13.8. The molecule has 1 heterocycles. The molecule has 35 heavy (non-hydrogen) atoms. The highest BCUT2D eigenvalue weighted by Gasteiger charge is 2.28. The summed E-state index contributed by atoms with van der Waals surface area (Å²) in [5.41, 5.74) is 1.22. The van der Waals surface area contributed by atoms with Gasteiger partial charge in [0.1, 0.15) is 5.82 Å². The minimum absolute atomic E-state index is 0. The predicted molar refractivity (Wildman–Crippen MR) is 144 cm³/mol.